The molecule has 0 amide bonds. The lowest BCUT2D eigenvalue weighted by Gasteiger charge is -2.40. The van der Waals surface area contributed by atoms with E-state index in [9.17, 15) is 0 Å². The van der Waals surface area contributed by atoms with Gasteiger partial charge in [0, 0.05) is 19.1 Å². The Morgan fingerprint density at radius 2 is 2.06 bits per heavy atom. The van der Waals surface area contributed by atoms with Crippen molar-refractivity contribution in [1.82, 2.24) is 14.5 Å². The van der Waals surface area contributed by atoms with Crippen LogP contribution >= 0.6 is 0 Å². The summed E-state index contributed by atoms with van der Waals surface area (Å²) in [4.78, 5) is 9.34. The van der Waals surface area contributed by atoms with E-state index in [-0.39, 0.29) is 0 Å². The van der Waals surface area contributed by atoms with Crippen molar-refractivity contribution in [3.8, 4) is 0 Å². The first-order valence-electron chi connectivity index (χ1n) is 6.88. The molecule has 0 saturated carbocycles. The van der Waals surface area contributed by atoms with Gasteiger partial charge in [0.05, 0.1) is 12.9 Å². The van der Waals surface area contributed by atoms with Gasteiger partial charge in [-0.05, 0) is 40.7 Å². The van der Waals surface area contributed by atoms with Gasteiger partial charge in [0.2, 0.25) is 0 Å². The first kappa shape index (κ1) is 13.0. The maximum Gasteiger partial charge on any atom is 0.139 e. The minimum Gasteiger partial charge on any atom is -0.352 e. The molecule has 100 valence electrons. The first-order chi connectivity index (χ1) is 8.63. The van der Waals surface area contributed by atoms with E-state index in [1.807, 2.05) is 6.33 Å². The van der Waals surface area contributed by atoms with Crippen molar-refractivity contribution in [2.24, 2.45) is 0 Å². The number of aromatic nitrogens is 2. The predicted molar refractivity (Wildman–Crippen MR) is 75.5 cm³/mol. The maximum atomic E-state index is 4.60. The van der Waals surface area contributed by atoms with Crippen molar-refractivity contribution >= 4 is 5.82 Å². The highest BCUT2D eigenvalue weighted by molar-refractivity contribution is 5.53. The molecule has 0 saturated heterocycles. The SMILES string of the molecule is C/C=C1/N(CC)Cc2ncn(C(C)C)c2N1CC. The van der Waals surface area contributed by atoms with E-state index in [1.165, 1.54) is 17.3 Å². The summed E-state index contributed by atoms with van der Waals surface area (Å²) in [6.45, 7) is 13.8. The van der Waals surface area contributed by atoms with Gasteiger partial charge < -0.3 is 14.4 Å². The lowest BCUT2D eigenvalue weighted by Crippen LogP contribution is -2.40. The van der Waals surface area contributed by atoms with E-state index in [0.29, 0.717) is 6.04 Å². The zero-order valence-electron chi connectivity index (χ0n) is 12.1. The fourth-order valence-corrected chi connectivity index (χ4v) is 2.64. The summed E-state index contributed by atoms with van der Waals surface area (Å²) in [6.07, 6.45) is 4.18. The summed E-state index contributed by atoms with van der Waals surface area (Å²) in [5.74, 6) is 2.57. The average Bonchev–Trinajstić information content (AvgIpc) is 2.79. The van der Waals surface area contributed by atoms with Crippen LogP contribution < -0.4 is 4.90 Å². The zero-order chi connectivity index (χ0) is 13.3. The summed E-state index contributed by atoms with van der Waals surface area (Å²) < 4.78 is 2.27. The molecule has 4 heteroatoms. The Labute approximate surface area is 110 Å². The Morgan fingerprint density at radius 1 is 1.33 bits per heavy atom. The van der Waals surface area contributed by atoms with Crippen LogP contribution in [-0.4, -0.2) is 27.5 Å². The lowest BCUT2D eigenvalue weighted by molar-refractivity contribution is 0.324. The van der Waals surface area contributed by atoms with E-state index in [0.717, 1.165) is 19.6 Å². The molecule has 1 aromatic heterocycles. The Morgan fingerprint density at radius 3 is 2.56 bits per heavy atom. The second kappa shape index (κ2) is 5.04. The van der Waals surface area contributed by atoms with E-state index < -0.39 is 0 Å². The van der Waals surface area contributed by atoms with Crippen LogP contribution in [0, 0.1) is 0 Å². The molecule has 0 aromatic carbocycles. The van der Waals surface area contributed by atoms with Gasteiger partial charge in [-0.3, -0.25) is 0 Å². The van der Waals surface area contributed by atoms with E-state index in [1.54, 1.807) is 0 Å². The molecule has 2 heterocycles. The molecule has 1 aromatic rings. The van der Waals surface area contributed by atoms with Crippen molar-refractivity contribution in [3.63, 3.8) is 0 Å². The molecule has 0 aliphatic carbocycles. The van der Waals surface area contributed by atoms with Crippen molar-refractivity contribution < 1.29 is 0 Å². The van der Waals surface area contributed by atoms with Gasteiger partial charge >= 0.3 is 0 Å². The summed E-state index contributed by atoms with van der Waals surface area (Å²) in [5.41, 5.74) is 1.19. The molecule has 4 nitrogen and oxygen atoms in total. The number of hydrogen-bond acceptors (Lipinski definition) is 3. The molecule has 0 fully saturated rings. The number of rotatable bonds is 3. The summed E-state index contributed by atoms with van der Waals surface area (Å²) in [5, 5.41) is 0. The van der Waals surface area contributed by atoms with Crippen molar-refractivity contribution in [1.29, 1.82) is 0 Å². The van der Waals surface area contributed by atoms with Crippen LogP contribution in [0.3, 0.4) is 0 Å². The number of hydrogen-bond donors (Lipinski definition) is 0. The van der Waals surface area contributed by atoms with Crippen LogP contribution in [0.5, 0.6) is 0 Å². The number of allylic oxidation sites excluding steroid dienone is 1. The van der Waals surface area contributed by atoms with E-state index >= 15 is 0 Å². The smallest absolute Gasteiger partial charge is 0.139 e. The fourth-order valence-electron chi connectivity index (χ4n) is 2.64. The minimum atomic E-state index is 0.446. The third-order valence-corrected chi connectivity index (χ3v) is 3.55. The number of fused-ring (bicyclic) bond motifs is 1. The topological polar surface area (TPSA) is 24.3 Å². The second-order valence-corrected chi connectivity index (χ2v) is 4.92. The standard InChI is InChI=1S/C14H24N4/c1-6-13-16(7-2)9-12-14(17(13)8-3)18(10-15-12)11(4)5/h6,10-11H,7-9H2,1-5H3/b13-6-. The molecule has 0 N–H and O–H groups in total. The molecule has 1 aliphatic rings. The Hall–Kier alpha value is -1.45. The molecule has 0 unspecified atom stereocenters. The summed E-state index contributed by atoms with van der Waals surface area (Å²) >= 11 is 0. The number of nitrogens with zero attached hydrogens (tertiary/aromatic N) is 4. The molecular formula is C14H24N4. The van der Waals surface area contributed by atoms with Crippen molar-refractivity contribution in [2.75, 3.05) is 18.0 Å². The Kier molecular flexibility index (Phi) is 3.64. The van der Waals surface area contributed by atoms with E-state index in [4.69, 9.17) is 0 Å². The van der Waals surface area contributed by atoms with Gasteiger partial charge in [0.1, 0.15) is 17.3 Å². The van der Waals surface area contributed by atoms with Gasteiger partial charge in [-0.1, -0.05) is 0 Å². The molecule has 18 heavy (non-hydrogen) atoms. The third kappa shape index (κ3) is 1.89. The van der Waals surface area contributed by atoms with Gasteiger partial charge in [0.15, 0.2) is 0 Å². The quantitative estimate of drug-likeness (QED) is 0.822. The molecule has 1 aliphatic heterocycles. The monoisotopic (exact) mass is 248 g/mol. The molecule has 0 bridgehead atoms. The lowest BCUT2D eigenvalue weighted by atomic mass is 10.2. The van der Waals surface area contributed by atoms with Crippen LogP contribution in [0.4, 0.5) is 5.82 Å². The van der Waals surface area contributed by atoms with Gasteiger partial charge in [-0.25, -0.2) is 4.98 Å². The highest BCUT2D eigenvalue weighted by atomic mass is 15.4. The Balaban J connectivity index is 2.52. The summed E-state index contributed by atoms with van der Waals surface area (Å²) in [7, 11) is 0. The van der Waals surface area contributed by atoms with Crippen LogP contribution in [-0.2, 0) is 6.54 Å². The first-order valence-corrected chi connectivity index (χ1v) is 6.88. The second-order valence-electron chi connectivity index (χ2n) is 4.92. The summed E-state index contributed by atoms with van der Waals surface area (Å²) in [6, 6.07) is 0.446. The van der Waals surface area contributed by atoms with Crippen LogP contribution in [0.25, 0.3) is 0 Å². The molecule has 0 atom stereocenters. The molecule has 0 radical (unpaired) electrons. The van der Waals surface area contributed by atoms with Gasteiger partial charge in [0.25, 0.3) is 0 Å². The number of anilines is 1. The number of imidazole rings is 1. The average molecular weight is 248 g/mol. The van der Waals surface area contributed by atoms with Gasteiger partial charge in [-0.2, -0.15) is 0 Å². The predicted octanol–water partition coefficient (Wildman–Crippen LogP) is 2.99. The van der Waals surface area contributed by atoms with Crippen LogP contribution in [0.1, 0.15) is 46.4 Å². The Bertz CT molecular complexity index is 445. The maximum absolute atomic E-state index is 4.60. The van der Waals surface area contributed by atoms with Crippen molar-refractivity contribution in [3.05, 3.63) is 23.9 Å². The fraction of sp³-hybridized carbons (Fsp3) is 0.643. The highest BCUT2D eigenvalue weighted by Gasteiger charge is 2.29. The normalized spacial score (nSPS) is 17.8. The third-order valence-electron chi connectivity index (χ3n) is 3.55. The molecule has 0 spiro atoms. The molecule has 2 rings (SSSR count). The van der Waals surface area contributed by atoms with Crippen LogP contribution in [0.2, 0.25) is 0 Å². The van der Waals surface area contributed by atoms with E-state index in [2.05, 4.69) is 60.0 Å². The molecular weight excluding hydrogens is 224 g/mol. The largest absolute Gasteiger partial charge is 0.352 e. The zero-order valence-corrected chi connectivity index (χ0v) is 12.1. The van der Waals surface area contributed by atoms with Crippen molar-refractivity contribution in [2.45, 2.75) is 47.2 Å². The minimum absolute atomic E-state index is 0.446. The van der Waals surface area contributed by atoms with Gasteiger partial charge in [-0.15, -0.1) is 0 Å². The highest BCUT2D eigenvalue weighted by Crippen LogP contribution is 2.33. The van der Waals surface area contributed by atoms with Crippen LogP contribution in [0.15, 0.2) is 18.2 Å².